The van der Waals surface area contributed by atoms with E-state index >= 15 is 0 Å². The highest BCUT2D eigenvalue weighted by Crippen LogP contribution is 2.36. The summed E-state index contributed by atoms with van der Waals surface area (Å²) in [5.41, 5.74) is 1.77. The van der Waals surface area contributed by atoms with Crippen molar-refractivity contribution < 1.29 is 13.5 Å². The normalized spacial score (nSPS) is 11.4. The van der Waals surface area contributed by atoms with Crippen molar-refractivity contribution in [3.63, 3.8) is 0 Å². The quantitative estimate of drug-likeness (QED) is 0.869. The first-order chi connectivity index (χ1) is 8.41. The van der Waals surface area contributed by atoms with E-state index < -0.39 is 10.0 Å². The summed E-state index contributed by atoms with van der Waals surface area (Å²) < 4.78 is 23.1. The number of primary sulfonamides is 1. The van der Waals surface area contributed by atoms with Crippen molar-refractivity contribution >= 4 is 10.0 Å². The molecule has 0 radical (unpaired) electrons. The van der Waals surface area contributed by atoms with Crippen molar-refractivity contribution in [2.45, 2.75) is 11.8 Å². The van der Waals surface area contributed by atoms with E-state index in [1.54, 1.807) is 12.1 Å². The Bertz CT molecular complexity index is 693. The standard InChI is InChI=1S/C13H13NO3S/c1-9-5-2-3-6-10(9)13-11(15)7-4-8-12(13)18(14,16)17/h2-8,15H,1H3,(H2,14,16,17). The summed E-state index contributed by atoms with van der Waals surface area (Å²) >= 11 is 0. The summed E-state index contributed by atoms with van der Waals surface area (Å²) in [6, 6.07) is 11.5. The first kappa shape index (κ1) is 12.6. The van der Waals surface area contributed by atoms with E-state index in [1.165, 1.54) is 18.2 Å². The van der Waals surface area contributed by atoms with E-state index in [4.69, 9.17) is 5.14 Å². The number of aromatic hydroxyl groups is 1. The molecule has 4 nitrogen and oxygen atoms in total. The predicted molar refractivity (Wildman–Crippen MR) is 69.7 cm³/mol. The lowest BCUT2D eigenvalue weighted by molar-refractivity contribution is 0.475. The van der Waals surface area contributed by atoms with E-state index in [-0.39, 0.29) is 16.2 Å². The van der Waals surface area contributed by atoms with Gasteiger partial charge in [0.15, 0.2) is 0 Å². The van der Waals surface area contributed by atoms with Gasteiger partial charge in [0, 0.05) is 5.56 Å². The molecule has 3 N–H and O–H groups in total. The van der Waals surface area contributed by atoms with Crippen LogP contribution in [0, 0.1) is 6.92 Å². The molecule has 0 aliphatic carbocycles. The average Bonchev–Trinajstić information content (AvgIpc) is 2.29. The van der Waals surface area contributed by atoms with Crippen molar-refractivity contribution in [1.29, 1.82) is 0 Å². The average molecular weight is 263 g/mol. The van der Waals surface area contributed by atoms with Crippen LogP contribution in [0.3, 0.4) is 0 Å². The van der Waals surface area contributed by atoms with Gasteiger partial charge in [-0.2, -0.15) is 0 Å². The van der Waals surface area contributed by atoms with Crippen LogP contribution in [0.5, 0.6) is 5.75 Å². The Kier molecular flexibility index (Phi) is 3.11. The van der Waals surface area contributed by atoms with Crippen molar-refractivity contribution in [2.75, 3.05) is 0 Å². The molecule has 2 aromatic carbocycles. The molecule has 0 aliphatic heterocycles. The van der Waals surface area contributed by atoms with Crippen LogP contribution in [-0.2, 0) is 10.0 Å². The second kappa shape index (κ2) is 4.44. The van der Waals surface area contributed by atoms with Crippen LogP contribution in [0.2, 0.25) is 0 Å². The molecule has 0 heterocycles. The van der Waals surface area contributed by atoms with E-state index in [9.17, 15) is 13.5 Å². The van der Waals surface area contributed by atoms with Gasteiger partial charge in [-0.3, -0.25) is 0 Å². The molecule has 18 heavy (non-hydrogen) atoms. The SMILES string of the molecule is Cc1ccccc1-c1c(O)cccc1S(N)(=O)=O. The van der Waals surface area contributed by atoms with Gasteiger partial charge in [-0.15, -0.1) is 0 Å². The van der Waals surface area contributed by atoms with Gasteiger partial charge < -0.3 is 5.11 Å². The van der Waals surface area contributed by atoms with Crippen LogP contribution in [0.1, 0.15) is 5.56 Å². The first-order valence-electron chi connectivity index (χ1n) is 5.32. The highest BCUT2D eigenvalue weighted by molar-refractivity contribution is 7.89. The van der Waals surface area contributed by atoms with Gasteiger partial charge in [-0.05, 0) is 30.2 Å². The number of phenols is 1. The molecule has 2 aromatic rings. The summed E-state index contributed by atoms with van der Waals surface area (Å²) in [6.07, 6.45) is 0. The smallest absolute Gasteiger partial charge is 0.238 e. The maximum atomic E-state index is 11.6. The fourth-order valence-corrected chi connectivity index (χ4v) is 2.65. The monoisotopic (exact) mass is 263 g/mol. The van der Waals surface area contributed by atoms with Gasteiger partial charge in [-0.1, -0.05) is 30.3 Å². The number of aryl methyl sites for hydroxylation is 1. The van der Waals surface area contributed by atoms with Crippen LogP contribution >= 0.6 is 0 Å². The molecule has 0 amide bonds. The Morgan fingerprint density at radius 3 is 2.33 bits per heavy atom. The van der Waals surface area contributed by atoms with Crippen LogP contribution in [0.4, 0.5) is 0 Å². The maximum Gasteiger partial charge on any atom is 0.238 e. The second-order valence-electron chi connectivity index (χ2n) is 4.01. The molecule has 0 saturated heterocycles. The summed E-state index contributed by atoms with van der Waals surface area (Å²) in [5, 5.41) is 15.1. The fourth-order valence-electron chi connectivity index (χ4n) is 1.88. The van der Waals surface area contributed by atoms with E-state index in [2.05, 4.69) is 0 Å². The zero-order valence-electron chi connectivity index (χ0n) is 9.79. The molecular weight excluding hydrogens is 250 g/mol. The van der Waals surface area contributed by atoms with Crippen LogP contribution in [-0.4, -0.2) is 13.5 Å². The van der Waals surface area contributed by atoms with E-state index in [0.717, 1.165) is 5.56 Å². The third-order valence-corrected chi connectivity index (χ3v) is 3.68. The molecule has 94 valence electrons. The second-order valence-corrected chi connectivity index (χ2v) is 5.54. The minimum Gasteiger partial charge on any atom is -0.507 e. The van der Waals surface area contributed by atoms with Gasteiger partial charge in [0.1, 0.15) is 5.75 Å². The summed E-state index contributed by atoms with van der Waals surface area (Å²) in [7, 11) is -3.88. The van der Waals surface area contributed by atoms with Gasteiger partial charge in [-0.25, -0.2) is 13.6 Å². The van der Waals surface area contributed by atoms with Crippen molar-refractivity contribution in [2.24, 2.45) is 5.14 Å². The molecule has 0 fully saturated rings. The molecule has 0 aromatic heterocycles. The van der Waals surface area contributed by atoms with Crippen molar-refractivity contribution in [3.05, 3.63) is 48.0 Å². The minimum atomic E-state index is -3.88. The number of phenolic OH excluding ortho intramolecular Hbond substituents is 1. The van der Waals surface area contributed by atoms with Gasteiger partial charge >= 0.3 is 0 Å². The molecule has 0 atom stereocenters. The third kappa shape index (κ3) is 2.23. The molecule has 0 spiro atoms. The van der Waals surface area contributed by atoms with Crippen LogP contribution in [0.25, 0.3) is 11.1 Å². The number of sulfonamides is 1. The van der Waals surface area contributed by atoms with E-state index in [0.29, 0.717) is 5.56 Å². The first-order valence-corrected chi connectivity index (χ1v) is 6.86. The predicted octanol–water partition coefficient (Wildman–Crippen LogP) is 2.02. The van der Waals surface area contributed by atoms with Gasteiger partial charge in [0.25, 0.3) is 0 Å². The summed E-state index contributed by atoms with van der Waals surface area (Å²) in [6.45, 7) is 1.84. The number of nitrogens with two attached hydrogens (primary N) is 1. The Hall–Kier alpha value is -1.85. The van der Waals surface area contributed by atoms with Crippen LogP contribution in [0.15, 0.2) is 47.4 Å². The third-order valence-electron chi connectivity index (χ3n) is 2.73. The van der Waals surface area contributed by atoms with Gasteiger partial charge in [0.2, 0.25) is 10.0 Å². The summed E-state index contributed by atoms with van der Waals surface area (Å²) in [4.78, 5) is -0.0724. The minimum absolute atomic E-state index is 0.0724. The van der Waals surface area contributed by atoms with E-state index in [1.807, 2.05) is 19.1 Å². The molecule has 0 bridgehead atoms. The molecule has 0 aliphatic rings. The number of benzene rings is 2. The van der Waals surface area contributed by atoms with Crippen LogP contribution < -0.4 is 5.14 Å². The fraction of sp³-hybridized carbons (Fsp3) is 0.0769. The van der Waals surface area contributed by atoms with Crippen molar-refractivity contribution in [3.8, 4) is 16.9 Å². The Balaban J connectivity index is 2.84. The molecule has 5 heteroatoms. The number of hydrogen-bond acceptors (Lipinski definition) is 3. The van der Waals surface area contributed by atoms with Crippen molar-refractivity contribution in [1.82, 2.24) is 0 Å². The zero-order chi connectivity index (χ0) is 13.3. The number of hydrogen-bond donors (Lipinski definition) is 2. The Morgan fingerprint density at radius 1 is 1.06 bits per heavy atom. The maximum absolute atomic E-state index is 11.6. The van der Waals surface area contributed by atoms with Gasteiger partial charge in [0.05, 0.1) is 4.90 Å². The zero-order valence-corrected chi connectivity index (χ0v) is 10.6. The lowest BCUT2D eigenvalue weighted by atomic mass is 10.00. The molecule has 2 rings (SSSR count). The lowest BCUT2D eigenvalue weighted by Gasteiger charge is -2.12. The topological polar surface area (TPSA) is 80.4 Å². The summed E-state index contributed by atoms with van der Waals surface area (Å²) in [5.74, 6) is -0.101. The molecular formula is C13H13NO3S. The largest absolute Gasteiger partial charge is 0.507 e. The number of rotatable bonds is 2. The highest BCUT2D eigenvalue weighted by atomic mass is 32.2. The molecule has 0 unspecified atom stereocenters. The molecule has 0 saturated carbocycles. The Labute approximate surface area is 106 Å². The lowest BCUT2D eigenvalue weighted by Crippen LogP contribution is -2.13. The highest BCUT2D eigenvalue weighted by Gasteiger charge is 2.19. The Morgan fingerprint density at radius 2 is 1.72 bits per heavy atom.